The number of unbranched alkanes of at least 4 members (excludes halogenated alkanes) is 2. The summed E-state index contributed by atoms with van der Waals surface area (Å²) in [4.78, 5) is 0. The molecule has 0 radical (unpaired) electrons. The van der Waals surface area contributed by atoms with Crippen LogP contribution in [-0.4, -0.2) is 26.8 Å². The van der Waals surface area contributed by atoms with Gasteiger partial charge in [0.2, 0.25) is 0 Å². The van der Waals surface area contributed by atoms with Crippen LogP contribution in [0.4, 0.5) is 0 Å². The van der Waals surface area contributed by atoms with Gasteiger partial charge >= 0.3 is 0 Å². The van der Waals surface area contributed by atoms with E-state index in [1.165, 1.54) is 58.0 Å². The van der Waals surface area contributed by atoms with Crippen molar-refractivity contribution in [1.29, 1.82) is 0 Å². The quantitative estimate of drug-likeness (QED) is 0.643. The van der Waals surface area contributed by atoms with Crippen molar-refractivity contribution in [2.45, 2.75) is 51.9 Å². The number of hydrogen-bond acceptors (Lipinski definition) is 2. The molecule has 0 saturated heterocycles. The van der Waals surface area contributed by atoms with E-state index in [1.807, 2.05) is 0 Å². The van der Waals surface area contributed by atoms with E-state index >= 15 is 0 Å². The molecule has 0 bridgehead atoms. The summed E-state index contributed by atoms with van der Waals surface area (Å²) in [5.41, 5.74) is 0. The fourth-order valence-electron chi connectivity index (χ4n) is 2.66. The highest BCUT2D eigenvalue weighted by Crippen LogP contribution is 2.28. The van der Waals surface area contributed by atoms with Gasteiger partial charge < -0.3 is 10.1 Å². The molecule has 0 spiro atoms. The van der Waals surface area contributed by atoms with Crippen molar-refractivity contribution in [3.63, 3.8) is 0 Å². The second-order valence-corrected chi connectivity index (χ2v) is 5.28. The Kier molecular flexibility index (Phi) is 7.87. The molecule has 0 aliphatic heterocycles. The third-order valence-corrected chi connectivity index (χ3v) is 3.90. The highest BCUT2D eigenvalue weighted by molar-refractivity contribution is 4.73. The van der Waals surface area contributed by atoms with E-state index < -0.39 is 0 Å². The van der Waals surface area contributed by atoms with E-state index in [4.69, 9.17) is 4.74 Å². The molecule has 2 atom stereocenters. The third kappa shape index (κ3) is 5.86. The van der Waals surface area contributed by atoms with Crippen LogP contribution in [0.15, 0.2) is 0 Å². The lowest BCUT2D eigenvalue weighted by Crippen LogP contribution is -2.29. The number of hydrogen-bond donors (Lipinski definition) is 1. The second-order valence-electron chi connectivity index (χ2n) is 5.28. The van der Waals surface area contributed by atoms with Crippen LogP contribution in [0.2, 0.25) is 0 Å². The lowest BCUT2D eigenvalue weighted by molar-refractivity contribution is 0.192. The Morgan fingerprint density at radius 3 is 2.69 bits per heavy atom. The normalized spacial score (nSPS) is 25.9. The molecule has 0 aromatic carbocycles. The number of nitrogens with one attached hydrogen (secondary N) is 1. The molecule has 0 heterocycles. The Morgan fingerprint density at radius 1 is 1.12 bits per heavy atom. The average molecular weight is 227 g/mol. The molecule has 2 nitrogen and oxygen atoms in total. The van der Waals surface area contributed by atoms with Crippen LogP contribution in [-0.2, 0) is 4.74 Å². The number of methoxy groups -OCH3 is 1. The van der Waals surface area contributed by atoms with Crippen LogP contribution in [0.1, 0.15) is 51.9 Å². The van der Waals surface area contributed by atoms with Gasteiger partial charge in [0.25, 0.3) is 0 Å². The van der Waals surface area contributed by atoms with E-state index in [0.717, 1.165) is 18.4 Å². The van der Waals surface area contributed by atoms with E-state index in [1.54, 1.807) is 7.11 Å². The second kappa shape index (κ2) is 9.00. The van der Waals surface area contributed by atoms with Gasteiger partial charge in [0, 0.05) is 13.7 Å². The average Bonchev–Trinajstić information content (AvgIpc) is 2.30. The molecule has 0 aromatic heterocycles. The summed E-state index contributed by atoms with van der Waals surface area (Å²) in [5, 5.41) is 3.62. The van der Waals surface area contributed by atoms with Crippen molar-refractivity contribution in [1.82, 2.24) is 5.32 Å². The standard InChI is InChI=1S/C14H29NO/c1-13-8-4-5-9-14(13)12-15-10-6-3-7-11-16-2/h13-15H,3-12H2,1-2H3. The molecule has 0 amide bonds. The Hall–Kier alpha value is -0.0800. The first-order chi connectivity index (χ1) is 7.84. The van der Waals surface area contributed by atoms with Gasteiger partial charge in [0.15, 0.2) is 0 Å². The summed E-state index contributed by atoms with van der Waals surface area (Å²) in [6, 6.07) is 0. The number of rotatable bonds is 8. The van der Waals surface area contributed by atoms with Crippen LogP contribution in [0.5, 0.6) is 0 Å². The van der Waals surface area contributed by atoms with Gasteiger partial charge in [-0.25, -0.2) is 0 Å². The first-order valence-electron chi connectivity index (χ1n) is 7.04. The van der Waals surface area contributed by atoms with Gasteiger partial charge in [0.1, 0.15) is 0 Å². The fourth-order valence-corrected chi connectivity index (χ4v) is 2.66. The van der Waals surface area contributed by atoms with Gasteiger partial charge in [0.05, 0.1) is 0 Å². The lowest BCUT2D eigenvalue weighted by atomic mass is 9.80. The summed E-state index contributed by atoms with van der Waals surface area (Å²) < 4.78 is 5.04. The maximum atomic E-state index is 5.04. The Bertz CT molecular complexity index is 161. The van der Waals surface area contributed by atoms with Gasteiger partial charge in [-0.3, -0.25) is 0 Å². The van der Waals surface area contributed by atoms with Crippen molar-refractivity contribution in [2.24, 2.45) is 11.8 Å². The maximum Gasteiger partial charge on any atom is 0.0462 e. The predicted molar refractivity (Wildman–Crippen MR) is 69.7 cm³/mol. The monoisotopic (exact) mass is 227 g/mol. The Labute approximate surface area is 101 Å². The largest absolute Gasteiger partial charge is 0.385 e. The van der Waals surface area contributed by atoms with Crippen molar-refractivity contribution < 1.29 is 4.74 Å². The van der Waals surface area contributed by atoms with Crippen molar-refractivity contribution in [2.75, 3.05) is 26.8 Å². The smallest absolute Gasteiger partial charge is 0.0462 e. The highest BCUT2D eigenvalue weighted by Gasteiger charge is 2.20. The molecule has 1 aliphatic rings. The summed E-state index contributed by atoms with van der Waals surface area (Å²) >= 11 is 0. The van der Waals surface area contributed by atoms with E-state index in [9.17, 15) is 0 Å². The minimum atomic E-state index is 0.916. The molecule has 0 aromatic rings. The minimum Gasteiger partial charge on any atom is -0.385 e. The Balaban J connectivity index is 1.90. The third-order valence-electron chi connectivity index (χ3n) is 3.90. The van der Waals surface area contributed by atoms with Crippen molar-refractivity contribution in [3.05, 3.63) is 0 Å². The van der Waals surface area contributed by atoms with Crippen LogP contribution in [0, 0.1) is 11.8 Å². The summed E-state index contributed by atoms with van der Waals surface area (Å²) in [6.45, 7) is 5.77. The molecule has 1 fully saturated rings. The van der Waals surface area contributed by atoms with Gasteiger partial charge in [-0.2, -0.15) is 0 Å². The van der Waals surface area contributed by atoms with Crippen LogP contribution in [0.3, 0.4) is 0 Å². The molecule has 2 heteroatoms. The molecule has 1 rings (SSSR count). The zero-order valence-corrected chi connectivity index (χ0v) is 11.1. The summed E-state index contributed by atoms with van der Waals surface area (Å²) in [5.74, 6) is 1.88. The fraction of sp³-hybridized carbons (Fsp3) is 1.00. The molecular formula is C14H29NO. The molecule has 16 heavy (non-hydrogen) atoms. The van der Waals surface area contributed by atoms with Crippen molar-refractivity contribution in [3.8, 4) is 0 Å². The predicted octanol–water partition coefficient (Wildman–Crippen LogP) is 3.22. The van der Waals surface area contributed by atoms with Gasteiger partial charge in [-0.15, -0.1) is 0 Å². The zero-order valence-electron chi connectivity index (χ0n) is 11.1. The first kappa shape index (κ1) is 14.0. The zero-order chi connectivity index (χ0) is 11.6. The van der Waals surface area contributed by atoms with E-state index in [-0.39, 0.29) is 0 Å². The summed E-state index contributed by atoms with van der Waals surface area (Å²) in [6.07, 6.45) is 9.58. The van der Waals surface area contributed by atoms with Crippen LogP contribution >= 0.6 is 0 Å². The maximum absolute atomic E-state index is 5.04. The molecule has 1 saturated carbocycles. The molecule has 96 valence electrons. The molecule has 2 unspecified atom stereocenters. The highest BCUT2D eigenvalue weighted by atomic mass is 16.5. The molecule has 1 aliphatic carbocycles. The Morgan fingerprint density at radius 2 is 1.94 bits per heavy atom. The van der Waals surface area contributed by atoms with Crippen LogP contribution < -0.4 is 5.32 Å². The first-order valence-corrected chi connectivity index (χ1v) is 7.04. The number of ether oxygens (including phenoxy) is 1. The topological polar surface area (TPSA) is 21.3 Å². The minimum absolute atomic E-state index is 0.916. The summed E-state index contributed by atoms with van der Waals surface area (Å²) in [7, 11) is 1.78. The lowest BCUT2D eigenvalue weighted by Gasteiger charge is -2.28. The molecule has 1 N–H and O–H groups in total. The molecular weight excluding hydrogens is 198 g/mol. The van der Waals surface area contributed by atoms with Crippen LogP contribution in [0.25, 0.3) is 0 Å². The SMILES string of the molecule is COCCCCCNCC1CCCCC1C. The van der Waals surface area contributed by atoms with Crippen molar-refractivity contribution >= 4 is 0 Å². The van der Waals surface area contributed by atoms with E-state index in [0.29, 0.717) is 0 Å². The van der Waals surface area contributed by atoms with E-state index in [2.05, 4.69) is 12.2 Å². The van der Waals surface area contributed by atoms with Gasteiger partial charge in [-0.05, 0) is 50.6 Å². The van der Waals surface area contributed by atoms with Gasteiger partial charge in [-0.1, -0.05) is 26.2 Å².